The molecular formula is C51H99NO5S. The van der Waals surface area contributed by atoms with Gasteiger partial charge in [-0.05, 0) is 32.1 Å². The molecule has 0 rings (SSSR count). The summed E-state index contributed by atoms with van der Waals surface area (Å²) < 4.78 is 32.7. The fourth-order valence-electron chi connectivity index (χ4n) is 8.06. The molecule has 0 radical (unpaired) electrons. The van der Waals surface area contributed by atoms with Gasteiger partial charge in [-0.3, -0.25) is 9.35 Å². The van der Waals surface area contributed by atoms with Crippen LogP contribution in [0.1, 0.15) is 277 Å². The molecule has 0 aliphatic heterocycles. The highest BCUT2D eigenvalue weighted by atomic mass is 32.2. The molecule has 0 saturated carbocycles. The normalized spacial score (nSPS) is 13.2. The smallest absolute Gasteiger partial charge is 0.267 e. The number of allylic oxidation sites excluding steroid dienone is 3. The van der Waals surface area contributed by atoms with Gasteiger partial charge < -0.3 is 10.4 Å². The van der Waals surface area contributed by atoms with Crippen LogP contribution < -0.4 is 5.32 Å². The lowest BCUT2D eigenvalue weighted by Crippen LogP contribution is -2.46. The summed E-state index contributed by atoms with van der Waals surface area (Å²) in [6, 6.07) is -1.07. The Morgan fingerprint density at radius 1 is 0.448 bits per heavy atom. The van der Waals surface area contributed by atoms with Crippen molar-refractivity contribution < 1.29 is 22.9 Å². The first kappa shape index (κ1) is 56.8. The standard InChI is InChI=1S/C51H99NO5S/c1-3-5-7-9-11-13-15-17-19-21-23-25-27-29-31-33-35-37-39-41-43-45-47-51(54)52-49(48-58(55,56)57)50(53)46-44-42-40-38-36-34-32-30-28-26-24-22-20-18-16-14-12-10-8-6-4-2/h36,38,44,46,49-50,53H,3-35,37,39-43,45,47-48H2,1-2H3,(H,52,54)(H,55,56,57)/b38-36+,46-44+. The van der Waals surface area contributed by atoms with Crippen LogP contribution in [0.25, 0.3) is 0 Å². The van der Waals surface area contributed by atoms with Crippen molar-refractivity contribution in [3.05, 3.63) is 24.3 Å². The number of rotatable bonds is 47. The molecule has 0 spiro atoms. The second-order valence-electron chi connectivity index (χ2n) is 17.8. The highest BCUT2D eigenvalue weighted by Crippen LogP contribution is 2.17. The third-order valence-electron chi connectivity index (χ3n) is 11.9. The van der Waals surface area contributed by atoms with Gasteiger partial charge in [0, 0.05) is 6.42 Å². The largest absolute Gasteiger partial charge is 0.387 e. The minimum atomic E-state index is -4.36. The van der Waals surface area contributed by atoms with Crippen LogP contribution in [-0.4, -0.2) is 41.9 Å². The van der Waals surface area contributed by atoms with E-state index >= 15 is 0 Å². The third kappa shape index (κ3) is 45.9. The van der Waals surface area contributed by atoms with Gasteiger partial charge in [0.1, 0.15) is 0 Å². The zero-order valence-corrected chi connectivity index (χ0v) is 39.5. The van der Waals surface area contributed by atoms with Crippen molar-refractivity contribution in [3.8, 4) is 0 Å². The molecule has 3 N–H and O–H groups in total. The van der Waals surface area contributed by atoms with E-state index in [2.05, 4.69) is 31.3 Å². The topological polar surface area (TPSA) is 104 Å². The van der Waals surface area contributed by atoms with E-state index < -0.39 is 28.0 Å². The van der Waals surface area contributed by atoms with Crippen molar-refractivity contribution in [2.75, 3.05) is 5.75 Å². The van der Waals surface area contributed by atoms with Crippen LogP contribution in [0.2, 0.25) is 0 Å². The molecule has 0 aliphatic rings. The van der Waals surface area contributed by atoms with E-state index in [0.29, 0.717) is 6.42 Å². The fraction of sp³-hybridized carbons (Fsp3) is 0.902. The lowest BCUT2D eigenvalue weighted by molar-refractivity contribution is -0.122. The van der Waals surface area contributed by atoms with E-state index in [1.54, 1.807) is 0 Å². The quantitative estimate of drug-likeness (QED) is 0.0322. The van der Waals surface area contributed by atoms with Crippen molar-refractivity contribution >= 4 is 16.0 Å². The Labute approximate surface area is 362 Å². The Morgan fingerprint density at radius 3 is 1.09 bits per heavy atom. The summed E-state index contributed by atoms with van der Waals surface area (Å²) in [7, 11) is -4.36. The number of carbonyl (C=O) groups excluding carboxylic acids is 1. The molecular weight excluding hydrogens is 739 g/mol. The number of aliphatic hydroxyl groups is 1. The molecule has 0 aromatic heterocycles. The van der Waals surface area contributed by atoms with Crippen molar-refractivity contribution in [3.63, 3.8) is 0 Å². The van der Waals surface area contributed by atoms with Crippen molar-refractivity contribution in [2.45, 2.75) is 289 Å². The Morgan fingerprint density at radius 2 is 0.741 bits per heavy atom. The maximum absolute atomic E-state index is 12.6. The van der Waals surface area contributed by atoms with Crippen LogP contribution >= 0.6 is 0 Å². The summed E-state index contributed by atoms with van der Waals surface area (Å²) in [5, 5.41) is 13.3. The van der Waals surface area contributed by atoms with Crippen molar-refractivity contribution in [1.82, 2.24) is 5.32 Å². The first-order valence-corrected chi connectivity index (χ1v) is 27.1. The van der Waals surface area contributed by atoms with Gasteiger partial charge in [0.25, 0.3) is 10.1 Å². The van der Waals surface area contributed by atoms with Crippen LogP contribution in [0.4, 0.5) is 0 Å². The van der Waals surface area contributed by atoms with E-state index in [4.69, 9.17) is 0 Å². The minimum Gasteiger partial charge on any atom is -0.387 e. The molecule has 1 amide bonds. The summed E-state index contributed by atoms with van der Waals surface area (Å²) in [6.45, 7) is 4.56. The number of amides is 1. The van der Waals surface area contributed by atoms with E-state index in [-0.39, 0.29) is 5.91 Å². The number of carbonyl (C=O) groups is 1. The molecule has 6 nitrogen and oxygen atoms in total. The highest BCUT2D eigenvalue weighted by molar-refractivity contribution is 7.85. The summed E-state index contributed by atoms with van der Waals surface area (Å²) in [5.74, 6) is -0.987. The van der Waals surface area contributed by atoms with E-state index in [1.807, 2.05) is 6.08 Å². The minimum absolute atomic E-state index is 0.281. The zero-order valence-electron chi connectivity index (χ0n) is 38.7. The van der Waals surface area contributed by atoms with E-state index in [0.717, 1.165) is 38.5 Å². The van der Waals surface area contributed by atoms with Crippen molar-refractivity contribution in [2.24, 2.45) is 0 Å². The van der Waals surface area contributed by atoms with Gasteiger partial charge >= 0.3 is 0 Å². The maximum atomic E-state index is 12.6. The van der Waals surface area contributed by atoms with Crippen molar-refractivity contribution in [1.29, 1.82) is 0 Å². The van der Waals surface area contributed by atoms with E-state index in [1.165, 1.54) is 224 Å². The Balaban J connectivity index is 3.80. The molecule has 2 atom stereocenters. The number of hydrogen-bond donors (Lipinski definition) is 3. The Hall–Kier alpha value is -1.18. The van der Waals surface area contributed by atoms with Gasteiger partial charge in [-0.25, -0.2) is 0 Å². The second-order valence-corrected chi connectivity index (χ2v) is 19.3. The highest BCUT2D eigenvalue weighted by Gasteiger charge is 2.24. The van der Waals surface area contributed by atoms with Crippen LogP contribution in [0.15, 0.2) is 24.3 Å². The number of unbranched alkanes of at least 4 members (excludes halogenated alkanes) is 37. The van der Waals surface area contributed by atoms with Gasteiger partial charge in [-0.1, -0.05) is 263 Å². The molecule has 2 unspecified atom stereocenters. The fourth-order valence-corrected chi connectivity index (χ4v) is 8.79. The molecule has 0 aromatic carbocycles. The molecule has 0 aromatic rings. The average molecular weight is 838 g/mol. The summed E-state index contributed by atoms with van der Waals surface area (Å²) in [4.78, 5) is 12.6. The first-order chi connectivity index (χ1) is 28.3. The molecule has 0 bridgehead atoms. The Kier molecular flexibility index (Phi) is 44.4. The molecule has 0 fully saturated rings. The maximum Gasteiger partial charge on any atom is 0.267 e. The van der Waals surface area contributed by atoms with Gasteiger partial charge in [-0.15, -0.1) is 0 Å². The predicted molar refractivity (Wildman–Crippen MR) is 253 cm³/mol. The number of nitrogens with one attached hydrogen (secondary N) is 1. The lowest BCUT2D eigenvalue weighted by Gasteiger charge is -2.21. The monoisotopic (exact) mass is 838 g/mol. The lowest BCUT2D eigenvalue weighted by atomic mass is 10.0. The Bertz CT molecular complexity index is 1010. The van der Waals surface area contributed by atoms with E-state index in [9.17, 15) is 22.9 Å². The molecule has 0 aliphatic carbocycles. The number of hydrogen-bond acceptors (Lipinski definition) is 4. The molecule has 0 saturated heterocycles. The molecule has 0 heterocycles. The van der Waals surface area contributed by atoms with Gasteiger partial charge in [0.2, 0.25) is 5.91 Å². The summed E-state index contributed by atoms with van der Waals surface area (Å²) in [5.41, 5.74) is 0. The van der Waals surface area contributed by atoms with Crippen LogP contribution in [0, 0.1) is 0 Å². The second kappa shape index (κ2) is 45.3. The molecule has 7 heteroatoms. The van der Waals surface area contributed by atoms with Crippen LogP contribution in [0.3, 0.4) is 0 Å². The first-order valence-electron chi connectivity index (χ1n) is 25.5. The van der Waals surface area contributed by atoms with Gasteiger partial charge in [-0.2, -0.15) is 8.42 Å². The summed E-state index contributed by atoms with van der Waals surface area (Å²) in [6.07, 6.45) is 59.1. The average Bonchev–Trinajstić information content (AvgIpc) is 3.19. The molecule has 344 valence electrons. The predicted octanol–water partition coefficient (Wildman–Crippen LogP) is 15.9. The number of aliphatic hydroxyl groups excluding tert-OH is 1. The van der Waals surface area contributed by atoms with Crippen LogP contribution in [0.5, 0.6) is 0 Å². The molecule has 58 heavy (non-hydrogen) atoms. The summed E-state index contributed by atoms with van der Waals surface area (Å²) >= 11 is 0. The third-order valence-corrected chi connectivity index (χ3v) is 12.7. The van der Waals surface area contributed by atoms with Gasteiger partial charge in [0.05, 0.1) is 17.9 Å². The zero-order chi connectivity index (χ0) is 42.5. The van der Waals surface area contributed by atoms with Crippen LogP contribution in [-0.2, 0) is 14.9 Å². The van der Waals surface area contributed by atoms with Gasteiger partial charge in [0.15, 0.2) is 0 Å². The SMILES string of the molecule is CCCCCCCCCCCCCCCCC/C=C/CC/C=C/C(O)C(CS(=O)(=O)O)NC(=O)CCCCCCCCCCCCCCCCCCCCCCCC.